The standard InChI is InChI=1S/C23H28N4O3S/c1-3-11-27-18(2)24-31(29,30)22-16-20(9-10-21(22)27)23(28)26-14-12-25(13-15-26)17-19-7-5-4-6-8-19/h4-10,16H,3,11-15,17H2,1-2H3. The summed E-state index contributed by atoms with van der Waals surface area (Å²) in [5.41, 5.74) is 2.25. The highest BCUT2D eigenvalue weighted by atomic mass is 32.2. The van der Waals surface area contributed by atoms with Gasteiger partial charge in [0.05, 0.1) is 5.69 Å². The van der Waals surface area contributed by atoms with Crippen molar-refractivity contribution in [2.45, 2.75) is 31.7 Å². The number of hydrogen-bond donors (Lipinski definition) is 0. The van der Waals surface area contributed by atoms with E-state index in [9.17, 15) is 13.2 Å². The summed E-state index contributed by atoms with van der Waals surface area (Å²) in [6.07, 6.45) is 0.861. The molecule has 1 amide bonds. The molecule has 0 atom stereocenters. The molecule has 2 heterocycles. The molecule has 0 radical (unpaired) electrons. The van der Waals surface area contributed by atoms with Crippen LogP contribution in [0, 0.1) is 0 Å². The number of carbonyl (C=O) groups excluding carboxylic acids is 1. The first-order valence-electron chi connectivity index (χ1n) is 10.7. The zero-order valence-electron chi connectivity index (χ0n) is 18.0. The molecule has 2 aromatic rings. The van der Waals surface area contributed by atoms with Crippen LogP contribution in [0.15, 0.2) is 57.8 Å². The van der Waals surface area contributed by atoms with E-state index in [2.05, 4.69) is 21.4 Å². The van der Waals surface area contributed by atoms with Crippen molar-refractivity contribution in [1.82, 2.24) is 9.80 Å². The van der Waals surface area contributed by atoms with Crippen LogP contribution in [-0.4, -0.2) is 62.7 Å². The van der Waals surface area contributed by atoms with Crippen LogP contribution in [0.2, 0.25) is 0 Å². The van der Waals surface area contributed by atoms with Crippen LogP contribution in [0.5, 0.6) is 0 Å². The summed E-state index contributed by atoms with van der Waals surface area (Å²) in [5.74, 6) is 0.327. The summed E-state index contributed by atoms with van der Waals surface area (Å²) in [6.45, 7) is 8.09. The third kappa shape index (κ3) is 4.50. The molecular weight excluding hydrogens is 412 g/mol. The van der Waals surface area contributed by atoms with Crippen molar-refractivity contribution < 1.29 is 13.2 Å². The number of anilines is 1. The lowest BCUT2D eigenvalue weighted by atomic mass is 10.1. The molecule has 0 unspecified atom stereocenters. The molecule has 2 aliphatic heterocycles. The van der Waals surface area contributed by atoms with E-state index in [0.29, 0.717) is 36.7 Å². The minimum atomic E-state index is -3.81. The average Bonchev–Trinajstić information content (AvgIpc) is 2.77. The first-order chi connectivity index (χ1) is 14.9. The zero-order valence-corrected chi connectivity index (χ0v) is 18.8. The summed E-state index contributed by atoms with van der Waals surface area (Å²) in [5, 5.41) is 0. The number of nitrogens with zero attached hydrogens (tertiary/aromatic N) is 4. The highest BCUT2D eigenvalue weighted by Gasteiger charge is 2.30. The third-order valence-electron chi connectivity index (χ3n) is 5.77. The Hall–Kier alpha value is -2.71. The van der Waals surface area contributed by atoms with Gasteiger partial charge in [-0.25, -0.2) is 0 Å². The lowest BCUT2D eigenvalue weighted by Gasteiger charge is -2.35. The van der Waals surface area contributed by atoms with Crippen molar-refractivity contribution >= 4 is 27.5 Å². The monoisotopic (exact) mass is 440 g/mol. The van der Waals surface area contributed by atoms with Crippen LogP contribution in [0.1, 0.15) is 36.2 Å². The van der Waals surface area contributed by atoms with Gasteiger partial charge in [-0.2, -0.15) is 8.42 Å². The minimum Gasteiger partial charge on any atom is -0.336 e. The lowest BCUT2D eigenvalue weighted by Crippen LogP contribution is -2.48. The maximum absolute atomic E-state index is 13.1. The minimum absolute atomic E-state index is 0.111. The normalized spacial score (nSPS) is 18.5. The van der Waals surface area contributed by atoms with E-state index in [1.807, 2.05) is 30.0 Å². The Morgan fingerprint density at radius 3 is 2.42 bits per heavy atom. The van der Waals surface area contributed by atoms with Gasteiger partial charge in [0.25, 0.3) is 15.9 Å². The Balaban J connectivity index is 1.48. The van der Waals surface area contributed by atoms with Gasteiger partial charge in [0, 0.05) is 44.8 Å². The lowest BCUT2D eigenvalue weighted by molar-refractivity contribution is 0.0628. The van der Waals surface area contributed by atoms with Gasteiger partial charge in [-0.15, -0.1) is 4.40 Å². The van der Waals surface area contributed by atoms with E-state index in [0.717, 1.165) is 26.1 Å². The van der Waals surface area contributed by atoms with Gasteiger partial charge >= 0.3 is 0 Å². The fraction of sp³-hybridized carbons (Fsp3) is 0.391. The maximum Gasteiger partial charge on any atom is 0.286 e. The largest absolute Gasteiger partial charge is 0.336 e. The molecular formula is C23H28N4O3S. The van der Waals surface area contributed by atoms with E-state index in [1.54, 1.807) is 24.0 Å². The first kappa shape index (κ1) is 21.5. The Morgan fingerprint density at radius 2 is 1.74 bits per heavy atom. The molecule has 4 rings (SSSR count). The second-order valence-electron chi connectivity index (χ2n) is 8.00. The molecule has 0 aliphatic carbocycles. The molecule has 164 valence electrons. The number of amides is 1. The van der Waals surface area contributed by atoms with E-state index in [1.165, 1.54) is 11.6 Å². The average molecular weight is 441 g/mol. The van der Waals surface area contributed by atoms with Gasteiger partial charge in [-0.3, -0.25) is 9.69 Å². The summed E-state index contributed by atoms with van der Waals surface area (Å²) in [7, 11) is -3.81. The Bertz CT molecular complexity index is 1090. The van der Waals surface area contributed by atoms with Crippen molar-refractivity contribution in [3.63, 3.8) is 0 Å². The van der Waals surface area contributed by atoms with Crippen LogP contribution in [0.4, 0.5) is 5.69 Å². The van der Waals surface area contributed by atoms with E-state index in [-0.39, 0.29) is 10.8 Å². The van der Waals surface area contributed by atoms with Crippen LogP contribution < -0.4 is 4.90 Å². The van der Waals surface area contributed by atoms with Crippen molar-refractivity contribution in [2.75, 3.05) is 37.6 Å². The quantitative estimate of drug-likeness (QED) is 0.715. The molecule has 31 heavy (non-hydrogen) atoms. The van der Waals surface area contributed by atoms with Crippen molar-refractivity contribution in [2.24, 2.45) is 4.40 Å². The number of sulfonamides is 1. The molecule has 0 spiro atoms. The van der Waals surface area contributed by atoms with E-state index >= 15 is 0 Å². The highest BCUT2D eigenvalue weighted by Crippen LogP contribution is 2.33. The van der Waals surface area contributed by atoms with Crippen LogP contribution in [0.25, 0.3) is 0 Å². The smallest absolute Gasteiger partial charge is 0.286 e. The number of carbonyl (C=O) groups is 1. The van der Waals surface area contributed by atoms with Crippen molar-refractivity contribution in [3.05, 3.63) is 59.7 Å². The second kappa shape index (κ2) is 8.80. The number of benzene rings is 2. The van der Waals surface area contributed by atoms with Crippen molar-refractivity contribution in [3.8, 4) is 0 Å². The SMILES string of the molecule is CCCN1C(C)=NS(=O)(=O)c2cc(C(=O)N3CCN(Cc4ccccc4)CC3)ccc21. The summed E-state index contributed by atoms with van der Waals surface area (Å²) >= 11 is 0. The van der Waals surface area contributed by atoms with Crippen LogP contribution in [-0.2, 0) is 16.6 Å². The van der Waals surface area contributed by atoms with Gasteiger partial charge in [-0.1, -0.05) is 37.3 Å². The Labute approximate surface area is 184 Å². The molecule has 2 aromatic carbocycles. The maximum atomic E-state index is 13.1. The molecule has 0 saturated carbocycles. The predicted molar refractivity (Wildman–Crippen MR) is 122 cm³/mol. The molecule has 7 nitrogen and oxygen atoms in total. The summed E-state index contributed by atoms with van der Waals surface area (Å²) in [4.78, 5) is 19.2. The van der Waals surface area contributed by atoms with Crippen molar-refractivity contribution in [1.29, 1.82) is 0 Å². The van der Waals surface area contributed by atoms with Crippen LogP contribution >= 0.6 is 0 Å². The number of rotatable bonds is 5. The number of fused-ring (bicyclic) bond motifs is 1. The predicted octanol–water partition coefficient (Wildman–Crippen LogP) is 2.98. The molecule has 1 fully saturated rings. The first-order valence-corrected chi connectivity index (χ1v) is 12.1. The summed E-state index contributed by atoms with van der Waals surface area (Å²) in [6, 6.07) is 15.2. The topological polar surface area (TPSA) is 73.3 Å². The fourth-order valence-corrected chi connectivity index (χ4v) is 5.43. The molecule has 2 aliphatic rings. The number of amidine groups is 1. The molecule has 0 aromatic heterocycles. The van der Waals surface area contributed by atoms with E-state index < -0.39 is 10.0 Å². The fourth-order valence-electron chi connectivity index (χ4n) is 4.16. The Kier molecular flexibility index (Phi) is 6.11. The number of piperazine rings is 1. The zero-order chi connectivity index (χ0) is 22.0. The molecule has 1 saturated heterocycles. The second-order valence-corrected chi connectivity index (χ2v) is 9.57. The summed E-state index contributed by atoms with van der Waals surface area (Å²) < 4.78 is 29.2. The van der Waals surface area contributed by atoms with E-state index in [4.69, 9.17) is 0 Å². The highest BCUT2D eigenvalue weighted by molar-refractivity contribution is 7.90. The van der Waals surface area contributed by atoms with Gasteiger partial charge in [-0.05, 0) is 37.1 Å². The number of hydrogen-bond acceptors (Lipinski definition) is 5. The van der Waals surface area contributed by atoms with Gasteiger partial charge in [0.2, 0.25) is 0 Å². The molecule has 8 heteroatoms. The van der Waals surface area contributed by atoms with Gasteiger partial charge in [0.15, 0.2) is 0 Å². The Morgan fingerprint density at radius 1 is 1.03 bits per heavy atom. The van der Waals surface area contributed by atoms with Gasteiger partial charge in [0.1, 0.15) is 10.7 Å². The van der Waals surface area contributed by atoms with Gasteiger partial charge < -0.3 is 9.80 Å². The molecule has 0 N–H and O–H groups in total. The van der Waals surface area contributed by atoms with Crippen LogP contribution in [0.3, 0.4) is 0 Å². The molecule has 0 bridgehead atoms. The third-order valence-corrected chi connectivity index (χ3v) is 7.16.